The van der Waals surface area contributed by atoms with Gasteiger partial charge in [-0.2, -0.15) is 0 Å². The van der Waals surface area contributed by atoms with Crippen molar-refractivity contribution in [3.8, 4) is 0 Å². The summed E-state index contributed by atoms with van der Waals surface area (Å²) >= 11 is 1.44. The fourth-order valence-corrected chi connectivity index (χ4v) is 5.19. The Bertz CT molecular complexity index is 1200. The van der Waals surface area contributed by atoms with Gasteiger partial charge < -0.3 is 4.90 Å². The van der Waals surface area contributed by atoms with E-state index in [1.54, 1.807) is 16.7 Å². The molecule has 2 aromatic heterocycles. The number of unbranched alkanes of at least 4 members (excludes halogenated alkanes) is 1. The van der Waals surface area contributed by atoms with E-state index in [1.807, 2.05) is 10.8 Å². The summed E-state index contributed by atoms with van der Waals surface area (Å²) in [5.41, 5.74) is 0.819. The lowest BCUT2D eigenvalue weighted by Crippen LogP contribution is -2.44. The summed E-state index contributed by atoms with van der Waals surface area (Å²) in [6.45, 7) is 5.09. The van der Waals surface area contributed by atoms with Crippen molar-refractivity contribution >= 4 is 28.0 Å². The number of aromatic nitrogens is 2. The van der Waals surface area contributed by atoms with E-state index in [9.17, 15) is 18.8 Å². The minimum absolute atomic E-state index is 0.0580. The van der Waals surface area contributed by atoms with Gasteiger partial charge in [-0.25, -0.2) is 9.18 Å². The van der Waals surface area contributed by atoms with E-state index in [2.05, 4.69) is 11.8 Å². The van der Waals surface area contributed by atoms with Crippen molar-refractivity contribution in [2.75, 3.05) is 19.6 Å². The van der Waals surface area contributed by atoms with Crippen LogP contribution >= 0.6 is 11.3 Å². The minimum Gasteiger partial charge on any atom is -0.302 e. The van der Waals surface area contributed by atoms with Crippen LogP contribution in [0.15, 0.2) is 44.6 Å². The van der Waals surface area contributed by atoms with Crippen molar-refractivity contribution < 1.29 is 9.18 Å². The van der Waals surface area contributed by atoms with E-state index in [1.165, 1.54) is 28.0 Å². The summed E-state index contributed by atoms with van der Waals surface area (Å²) in [6.07, 6.45) is 3.30. The van der Waals surface area contributed by atoms with Crippen LogP contribution in [-0.4, -0.2) is 39.5 Å². The third-order valence-electron chi connectivity index (χ3n) is 6.33. The fraction of sp³-hybridized carbons (Fsp3) is 0.458. The van der Waals surface area contributed by atoms with Gasteiger partial charge in [-0.15, -0.1) is 11.3 Å². The molecule has 0 bridgehead atoms. The molecule has 1 saturated heterocycles. The first-order valence-electron chi connectivity index (χ1n) is 11.2. The van der Waals surface area contributed by atoms with E-state index in [0.29, 0.717) is 30.6 Å². The van der Waals surface area contributed by atoms with Gasteiger partial charge in [-0.1, -0.05) is 13.3 Å². The van der Waals surface area contributed by atoms with E-state index in [-0.39, 0.29) is 28.8 Å². The molecule has 1 aliphatic heterocycles. The second kappa shape index (κ2) is 9.92. The number of rotatable bonds is 8. The van der Waals surface area contributed by atoms with Gasteiger partial charge in [-0.05, 0) is 56.6 Å². The number of halogens is 1. The maximum Gasteiger partial charge on any atom is 0.331 e. The Labute approximate surface area is 189 Å². The van der Waals surface area contributed by atoms with Crippen LogP contribution in [0, 0.1) is 11.7 Å². The van der Waals surface area contributed by atoms with Gasteiger partial charge in [0, 0.05) is 41.9 Å². The van der Waals surface area contributed by atoms with Gasteiger partial charge in [0.05, 0.1) is 10.9 Å². The molecule has 0 atom stereocenters. The molecule has 0 saturated carbocycles. The first-order chi connectivity index (χ1) is 15.5. The lowest BCUT2D eigenvalue weighted by Gasteiger charge is -2.31. The van der Waals surface area contributed by atoms with Crippen molar-refractivity contribution in [2.45, 2.75) is 45.7 Å². The number of piperidine rings is 1. The Kier molecular flexibility index (Phi) is 7.01. The smallest absolute Gasteiger partial charge is 0.302 e. The third-order valence-corrected chi connectivity index (χ3v) is 7.06. The number of Topliss-reactive ketones (excluding diaryl/α,β-unsaturated/α-hetero) is 1. The SMILES string of the molecule is CCCCn1c(=O)n(CCN2CCC(C(=O)c3ccc(F)cc3)CC2)c(=O)c2cscc21. The van der Waals surface area contributed by atoms with Crippen molar-refractivity contribution in [1.82, 2.24) is 14.0 Å². The first kappa shape index (κ1) is 22.6. The first-order valence-corrected chi connectivity index (χ1v) is 12.2. The number of thiophene rings is 1. The van der Waals surface area contributed by atoms with E-state index in [0.717, 1.165) is 44.3 Å². The Hall–Kier alpha value is -2.58. The monoisotopic (exact) mass is 457 g/mol. The summed E-state index contributed by atoms with van der Waals surface area (Å²) in [5.74, 6) is -0.364. The molecule has 1 aliphatic rings. The van der Waals surface area contributed by atoms with E-state index in [4.69, 9.17) is 0 Å². The van der Waals surface area contributed by atoms with Crippen molar-refractivity contribution in [3.63, 3.8) is 0 Å². The van der Waals surface area contributed by atoms with Crippen LogP contribution < -0.4 is 11.2 Å². The minimum atomic E-state index is -0.346. The number of nitrogens with zero attached hydrogens (tertiary/aromatic N) is 3. The highest BCUT2D eigenvalue weighted by atomic mass is 32.1. The average Bonchev–Trinajstić information content (AvgIpc) is 3.29. The number of hydrogen-bond donors (Lipinski definition) is 0. The van der Waals surface area contributed by atoms with Crippen LogP contribution in [0.25, 0.3) is 10.9 Å². The number of carbonyl (C=O) groups excluding carboxylic acids is 1. The lowest BCUT2D eigenvalue weighted by atomic mass is 9.89. The molecule has 0 unspecified atom stereocenters. The number of carbonyl (C=O) groups is 1. The molecular weight excluding hydrogens is 429 g/mol. The maximum absolute atomic E-state index is 13.1. The van der Waals surface area contributed by atoms with Crippen LogP contribution in [0.5, 0.6) is 0 Å². The van der Waals surface area contributed by atoms with Gasteiger partial charge in [-0.3, -0.25) is 18.7 Å². The van der Waals surface area contributed by atoms with Crippen LogP contribution in [0.2, 0.25) is 0 Å². The number of hydrogen-bond acceptors (Lipinski definition) is 5. The summed E-state index contributed by atoms with van der Waals surface area (Å²) in [6, 6.07) is 5.72. The third kappa shape index (κ3) is 4.61. The molecule has 6 nitrogen and oxygen atoms in total. The normalized spacial score (nSPS) is 15.4. The number of fused-ring (bicyclic) bond motifs is 1. The Morgan fingerprint density at radius 2 is 1.75 bits per heavy atom. The van der Waals surface area contributed by atoms with Crippen molar-refractivity contribution in [1.29, 1.82) is 0 Å². The molecular formula is C24H28FN3O3S. The number of benzene rings is 1. The fourth-order valence-electron chi connectivity index (χ4n) is 4.38. The molecule has 0 aliphatic carbocycles. The molecule has 8 heteroatoms. The van der Waals surface area contributed by atoms with Gasteiger partial charge in [0.15, 0.2) is 5.78 Å². The van der Waals surface area contributed by atoms with Gasteiger partial charge in [0.2, 0.25) is 0 Å². The van der Waals surface area contributed by atoms with Crippen LogP contribution in [0.3, 0.4) is 0 Å². The molecule has 0 radical (unpaired) electrons. The predicted molar refractivity (Wildman–Crippen MR) is 125 cm³/mol. The molecule has 0 amide bonds. The molecule has 3 heterocycles. The van der Waals surface area contributed by atoms with E-state index < -0.39 is 0 Å². The van der Waals surface area contributed by atoms with Gasteiger partial charge in [0.1, 0.15) is 5.82 Å². The summed E-state index contributed by atoms with van der Waals surface area (Å²) < 4.78 is 16.2. The second-order valence-corrected chi connectivity index (χ2v) is 9.15. The Morgan fingerprint density at radius 3 is 2.44 bits per heavy atom. The van der Waals surface area contributed by atoms with Crippen LogP contribution in [0.4, 0.5) is 4.39 Å². The van der Waals surface area contributed by atoms with Crippen molar-refractivity contribution in [2.24, 2.45) is 5.92 Å². The summed E-state index contributed by atoms with van der Waals surface area (Å²) in [5, 5.41) is 4.30. The molecule has 3 aromatic rings. The molecule has 0 N–H and O–H groups in total. The molecule has 0 spiro atoms. The molecule has 32 heavy (non-hydrogen) atoms. The quantitative estimate of drug-likeness (QED) is 0.483. The largest absolute Gasteiger partial charge is 0.331 e. The van der Waals surface area contributed by atoms with E-state index >= 15 is 0 Å². The maximum atomic E-state index is 13.1. The molecule has 4 rings (SSSR count). The highest BCUT2D eigenvalue weighted by molar-refractivity contribution is 7.09. The van der Waals surface area contributed by atoms with Crippen molar-refractivity contribution in [3.05, 3.63) is 67.2 Å². The molecule has 170 valence electrons. The molecule has 1 aromatic carbocycles. The highest BCUT2D eigenvalue weighted by Crippen LogP contribution is 2.22. The standard InChI is InChI=1S/C24H28FN3O3S/c1-2-3-10-27-21-16-32-15-20(21)23(30)28(24(27)31)14-13-26-11-8-18(9-12-26)22(29)17-4-6-19(25)7-5-17/h4-7,15-16,18H,2-3,8-14H2,1H3. The summed E-state index contributed by atoms with van der Waals surface area (Å²) in [7, 11) is 0. The van der Waals surface area contributed by atoms with Gasteiger partial charge in [0.25, 0.3) is 5.56 Å². The van der Waals surface area contributed by atoms with Crippen LogP contribution in [0.1, 0.15) is 43.0 Å². The average molecular weight is 458 g/mol. The molecule has 1 fully saturated rings. The number of aryl methyl sites for hydroxylation is 1. The predicted octanol–water partition coefficient (Wildman–Crippen LogP) is 3.76. The zero-order valence-corrected chi connectivity index (χ0v) is 19.1. The Balaban J connectivity index is 1.41. The Morgan fingerprint density at radius 1 is 1.03 bits per heavy atom. The van der Waals surface area contributed by atoms with Crippen LogP contribution in [-0.2, 0) is 13.1 Å². The van der Waals surface area contributed by atoms with Gasteiger partial charge >= 0.3 is 5.69 Å². The number of ketones is 1. The highest BCUT2D eigenvalue weighted by Gasteiger charge is 2.26. The summed E-state index contributed by atoms with van der Waals surface area (Å²) in [4.78, 5) is 40.8. The zero-order chi connectivity index (χ0) is 22.7. The zero-order valence-electron chi connectivity index (χ0n) is 18.3. The topological polar surface area (TPSA) is 64.3 Å². The second-order valence-electron chi connectivity index (χ2n) is 8.40. The number of likely N-dealkylation sites (tertiary alicyclic amines) is 1. The lowest BCUT2D eigenvalue weighted by molar-refractivity contribution is 0.0837.